The molecule has 6 heteroatoms. The van der Waals surface area contributed by atoms with Crippen molar-refractivity contribution < 1.29 is 14.3 Å². The van der Waals surface area contributed by atoms with Crippen LogP contribution < -0.4 is 15.4 Å². The Bertz CT molecular complexity index is 790. The first-order chi connectivity index (χ1) is 13.4. The van der Waals surface area contributed by atoms with Crippen molar-refractivity contribution in [2.75, 3.05) is 31.3 Å². The van der Waals surface area contributed by atoms with Gasteiger partial charge in [-0.3, -0.25) is 14.5 Å². The second-order valence-electron chi connectivity index (χ2n) is 6.83. The lowest BCUT2D eigenvalue weighted by Crippen LogP contribution is -2.36. The third-order valence-corrected chi connectivity index (χ3v) is 4.64. The summed E-state index contributed by atoms with van der Waals surface area (Å²) in [5.74, 6) is 0.285. The molecule has 0 aliphatic carbocycles. The van der Waals surface area contributed by atoms with E-state index < -0.39 is 0 Å². The molecule has 1 unspecified atom stereocenters. The Morgan fingerprint density at radius 3 is 2.39 bits per heavy atom. The molecule has 2 amide bonds. The normalized spacial score (nSPS) is 11.8. The molecule has 0 heterocycles. The number of carbonyl (C=O) groups excluding carboxylic acids is 2. The smallest absolute Gasteiger partial charge is 0.255 e. The van der Waals surface area contributed by atoms with Gasteiger partial charge in [0.1, 0.15) is 5.75 Å². The average Bonchev–Trinajstić information content (AvgIpc) is 2.69. The van der Waals surface area contributed by atoms with E-state index in [4.69, 9.17) is 4.74 Å². The summed E-state index contributed by atoms with van der Waals surface area (Å²) in [5, 5.41) is 5.70. The van der Waals surface area contributed by atoms with E-state index in [1.54, 1.807) is 43.5 Å². The molecule has 6 nitrogen and oxygen atoms in total. The topological polar surface area (TPSA) is 70.7 Å². The zero-order chi connectivity index (χ0) is 20.5. The fraction of sp³-hybridized carbons (Fsp3) is 0.364. The number of para-hydroxylation sites is 2. The summed E-state index contributed by atoms with van der Waals surface area (Å²) in [6, 6.07) is 14.4. The Balaban J connectivity index is 1.93. The molecule has 0 aliphatic rings. The van der Waals surface area contributed by atoms with Crippen molar-refractivity contribution in [1.29, 1.82) is 0 Å². The second-order valence-corrected chi connectivity index (χ2v) is 6.83. The lowest BCUT2D eigenvalue weighted by molar-refractivity contribution is -0.117. The number of likely N-dealkylation sites (N-methyl/N-ethyl adjacent to an activating group) is 1. The van der Waals surface area contributed by atoms with E-state index in [0.29, 0.717) is 35.3 Å². The Morgan fingerprint density at radius 2 is 1.75 bits per heavy atom. The zero-order valence-electron chi connectivity index (χ0n) is 17.0. The first-order valence-corrected chi connectivity index (χ1v) is 9.49. The van der Waals surface area contributed by atoms with E-state index in [-0.39, 0.29) is 11.8 Å². The molecule has 2 aromatic carbocycles. The van der Waals surface area contributed by atoms with Crippen LogP contribution in [0.4, 0.5) is 11.4 Å². The van der Waals surface area contributed by atoms with Gasteiger partial charge in [0.25, 0.3) is 5.91 Å². The molecule has 0 bridgehead atoms. The number of hydrogen-bond donors (Lipinski definition) is 2. The van der Waals surface area contributed by atoms with E-state index in [1.807, 2.05) is 24.1 Å². The second kappa shape index (κ2) is 10.5. The van der Waals surface area contributed by atoms with Gasteiger partial charge < -0.3 is 15.4 Å². The summed E-state index contributed by atoms with van der Waals surface area (Å²) in [6.07, 6.45) is 2.14. The van der Waals surface area contributed by atoms with E-state index in [9.17, 15) is 9.59 Å². The third kappa shape index (κ3) is 6.09. The van der Waals surface area contributed by atoms with Crippen molar-refractivity contribution >= 4 is 23.2 Å². The van der Waals surface area contributed by atoms with Crippen LogP contribution in [-0.4, -0.2) is 43.5 Å². The summed E-state index contributed by atoms with van der Waals surface area (Å²) in [6.45, 7) is 4.58. The predicted molar refractivity (Wildman–Crippen MR) is 113 cm³/mol. The fourth-order valence-corrected chi connectivity index (χ4v) is 2.87. The number of anilines is 2. The van der Waals surface area contributed by atoms with Crippen LogP contribution in [0.15, 0.2) is 48.5 Å². The van der Waals surface area contributed by atoms with Gasteiger partial charge in [0.2, 0.25) is 5.91 Å². The number of rotatable bonds is 9. The number of methoxy groups -OCH3 is 1. The summed E-state index contributed by atoms with van der Waals surface area (Å²) >= 11 is 0. The monoisotopic (exact) mass is 383 g/mol. The van der Waals surface area contributed by atoms with Gasteiger partial charge in [-0.05, 0) is 56.8 Å². The van der Waals surface area contributed by atoms with E-state index in [2.05, 4.69) is 24.5 Å². The maximum absolute atomic E-state index is 12.4. The number of benzene rings is 2. The molecule has 0 aliphatic heterocycles. The van der Waals surface area contributed by atoms with Crippen molar-refractivity contribution in [3.05, 3.63) is 54.1 Å². The molecule has 150 valence electrons. The van der Waals surface area contributed by atoms with Crippen molar-refractivity contribution in [3.8, 4) is 5.75 Å². The minimum atomic E-state index is -0.240. The minimum Gasteiger partial charge on any atom is -0.495 e. The van der Waals surface area contributed by atoms with Crippen molar-refractivity contribution in [2.24, 2.45) is 0 Å². The number of hydrogen-bond acceptors (Lipinski definition) is 4. The Kier molecular flexibility index (Phi) is 8.02. The van der Waals surface area contributed by atoms with Crippen LogP contribution in [0.2, 0.25) is 0 Å². The van der Waals surface area contributed by atoms with Crippen molar-refractivity contribution in [3.63, 3.8) is 0 Å². The quantitative estimate of drug-likeness (QED) is 0.686. The van der Waals surface area contributed by atoms with Crippen LogP contribution in [0.1, 0.15) is 37.0 Å². The first kappa shape index (κ1) is 21.4. The summed E-state index contributed by atoms with van der Waals surface area (Å²) < 4.78 is 5.24. The molecule has 0 spiro atoms. The Morgan fingerprint density at radius 1 is 1.07 bits per heavy atom. The highest BCUT2D eigenvalue weighted by Crippen LogP contribution is 2.23. The van der Waals surface area contributed by atoms with E-state index >= 15 is 0 Å². The van der Waals surface area contributed by atoms with Crippen LogP contribution in [-0.2, 0) is 4.79 Å². The maximum Gasteiger partial charge on any atom is 0.255 e. The summed E-state index contributed by atoms with van der Waals surface area (Å²) in [5.41, 5.74) is 1.77. The van der Waals surface area contributed by atoms with Crippen molar-refractivity contribution in [2.45, 2.75) is 32.7 Å². The highest BCUT2D eigenvalue weighted by Gasteiger charge is 2.13. The summed E-state index contributed by atoms with van der Waals surface area (Å²) in [7, 11) is 3.51. The van der Waals surface area contributed by atoms with Gasteiger partial charge in [-0.2, -0.15) is 0 Å². The van der Waals surface area contributed by atoms with Gasteiger partial charge in [-0.15, -0.1) is 0 Å². The van der Waals surface area contributed by atoms with Crippen LogP contribution in [0.3, 0.4) is 0 Å². The van der Waals surface area contributed by atoms with Crippen LogP contribution >= 0.6 is 0 Å². The molecule has 2 N–H and O–H groups in total. The molecular formula is C22H29N3O3. The Hall–Kier alpha value is -2.86. The molecule has 0 radical (unpaired) electrons. The standard InChI is InChI=1S/C22H29N3O3/c1-5-8-16(2)25(3)15-21(26)23-18-13-11-17(12-14-18)22(27)24-19-9-6-7-10-20(19)28-4/h6-7,9-14,16H,5,8,15H2,1-4H3,(H,23,26)(H,24,27). The van der Waals surface area contributed by atoms with E-state index in [1.165, 1.54) is 0 Å². The number of ether oxygens (including phenoxy) is 1. The van der Waals surface area contributed by atoms with Crippen LogP contribution in [0, 0.1) is 0 Å². The average molecular weight is 383 g/mol. The van der Waals surface area contributed by atoms with Gasteiger partial charge in [-0.1, -0.05) is 25.5 Å². The molecule has 2 rings (SSSR count). The number of nitrogens with one attached hydrogen (secondary N) is 2. The number of carbonyl (C=O) groups is 2. The SMILES string of the molecule is CCCC(C)N(C)CC(=O)Nc1ccc(C(=O)Nc2ccccc2OC)cc1. The zero-order valence-corrected chi connectivity index (χ0v) is 17.0. The first-order valence-electron chi connectivity index (χ1n) is 9.49. The van der Waals surface area contributed by atoms with Gasteiger partial charge in [0.15, 0.2) is 0 Å². The molecule has 0 saturated heterocycles. The number of nitrogens with zero attached hydrogens (tertiary/aromatic N) is 1. The molecule has 0 aromatic heterocycles. The molecule has 1 atom stereocenters. The van der Waals surface area contributed by atoms with Gasteiger partial charge >= 0.3 is 0 Å². The predicted octanol–water partition coefficient (Wildman–Crippen LogP) is 4.01. The lowest BCUT2D eigenvalue weighted by Gasteiger charge is -2.23. The highest BCUT2D eigenvalue weighted by molar-refractivity contribution is 6.05. The highest BCUT2D eigenvalue weighted by atomic mass is 16.5. The minimum absolute atomic E-state index is 0.0725. The van der Waals surface area contributed by atoms with Gasteiger partial charge in [0.05, 0.1) is 19.3 Å². The molecule has 0 fully saturated rings. The number of amides is 2. The van der Waals surface area contributed by atoms with Gasteiger partial charge in [-0.25, -0.2) is 0 Å². The van der Waals surface area contributed by atoms with Crippen LogP contribution in [0.25, 0.3) is 0 Å². The van der Waals surface area contributed by atoms with Gasteiger partial charge in [0, 0.05) is 17.3 Å². The molecular weight excluding hydrogens is 354 g/mol. The third-order valence-electron chi connectivity index (χ3n) is 4.64. The summed E-state index contributed by atoms with van der Waals surface area (Å²) in [4.78, 5) is 26.7. The van der Waals surface area contributed by atoms with Crippen LogP contribution in [0.5, 0.6) is 5.75 Å². The van der Waals surface area contributed by atoms with E-state index in [0.717, 1.165) is 12.8 Å². The maximum atomic E-state index is 12.4. The largest absolute Gasteiger partial charge is 0.495 e. The lowest BCUT2D eigenvalue weighted by atomic mass is 10.1. The molecule has 2 aromatic rings. The Labute approximate surface area is 166 Å². The molecule has 28 heavy (non-hydrogen) atoms. The fourth-order valence-electron chi connectivity index (χ4n) is 2.87. The molecule has 0 saturated carbocycles. The van der Waals surface area contributed by atoms with Crippen molar-refractivity contribution in [1.82, 2.24) is 4.90 Å².